The minimum Gasteiger partial charge on any atom is -0.478 e. The van der Waals surface area contributed by atoms with E-state index in [1.165, 1.54) is 0 Å². The molecule has 0 aliphatic heterocycles. The Bertz CT molecular complexity index is 1330. The van der Waals surface area contributed by atoms with E-state index in [-0.39, 0.29) is 5.92 Å². The van der Waals surface area contributed by atoms with Gasteiger partial charge in [0.05, 0.1) is 5.56 Å². The highest BCUT2D eigenvalue weighted by Crippen LogP contribution is 2.41. The van der Waals surface area contributed by atoms with Gasteiger partial charge in [-0.25, -0.2) is 4.79 Å². The number of aromatic carboxylic acids is 1. The summed E-state index contributed by atoms with van der Waals surface area (Å²) in [5.41, 5.74) is 5.62. The number of benzene rings is 3. The standard InChI is InChI=1S/C26H22N2O2/c1-27-15-21(17-9-5-7-13-23(17)27)25(19-11-3-4-12-20(19)26(29)30)22-16-28(2)24-14-8-6-10-18(22)24/h3-16,25H,1-2H3,(H,29,30). The molecule has 0 bridgehead atoms. The van der Waals surface area contributed by atoms with Crippen molar-refractivity contribution in [2.24, 2.45) is 14.1 Å². The first kappa shape index (κ1) is 18.3. The highest BCUT2D eigenvalue weighted by molar-refractivity contribution is 5.93. The quantitative estimate of drug-likeness (QED) is 0.434. The number of nitrogens with zero attached hydrogens (tertiary/aromatic N) is 2. The molecule has 30 heavy (non-hydrogen) atoms. The maximum Gasteiger partial charge on any atom is 0.335 e. The molecular weight excluding hydrogens is 372 g/mol. The van der Waals surface area contributed by atoms with Crippen molar-refractivity contribution in [3.63, 3.8) is 0 Å². The highest BCUT2D eigenvalue weighted by atomic mass is 16.4. The van der Waals surface area contributed by atoms with E-state index in [9.17, 15) is 9.90 Å². The lowest BCUT2D eigenvalue weighted by Gasteiger charge is -2.19. The maximum atomic E-state index is 12.1. The molecule has 0 fully saturated rings. The summed E-state index contributed by atoms with van der Waals surface area (Å²) >= 11 is 0. The fraction of sp³-hybridized carbons (Fsp3) is 0.115. The summed E-state index contributed by atoms with van der Waals surface area (Å²) < 4.78 is 4.23. The van der Waals surface area contributed by atoms with Crippen LogP contribution >= 0.6 is 0 Å². The fourth-order valence-corrected chi connectivity index (χ4v) is 4.65. The van der Waals surface area contributed by atoms with Gasteiger partial charge in [-0.15, -0.1) is 0 Å². The van der Waals surface area contributed by atoms with E-state index in [2.05, 4.69) is 45.8 Å². The second-order valence-electron chi connectivity index (χ2n) is 7.75. The molecule has 0 radical (unpaired) electrons. The van der Waals surface area contributed by atoms with Crippen LogP contribution in [0.15, 0.2) is 85.2 Å². The second-order valence-corrected chi connectivity index (χ2v) is 7.75. The van der Waals surface area contributed by atoms with Crippen molar-refractivity contribution in [2.45, 2.75) is 5.92 Å². The molecule has 5 aromatic rings. The molecule has 0 spiro atoms. The minimum atomic E-state index is -0.906. The van der Waals surface area contributed by atoms with Crippen LogP contribution in [0.3, 0.4) is 0 Å². The van der Waals surface area contributed by atoms with E-state index in [0.717, 1.165) is 38.5 Å². The van der Waals surface area contributed by atoms with Crippen LogP contribution in [-0.4, -0.2) is 20.2 Å². The molecule has 2 aromatic heterocycles. The summed E-state index contributed by atoms with van der Waals surface area (Å²) in [6.07, 6.45) is 4.27. The number of aromatic nitrogens is 2. The van der Waals surface area contributed by atoms with Gasteiger partial charge in [0.25, 0.3) is 0 Å². The van der Waals surface area contributed by atoms with E-state index in [1.54, 1.807) is 12.1 Å². The summed E-state index contributed by atoms with van der Waals surface area (Å²) in [5.74, 6) is -1.11. The molecule has 148 valence electrons. The van der Waals surface area contributed by atoms with Gasteiger partial charge in [-0.05, 0) is 34.9 Å². The maximum absolute atomic E-state index is 12.1. The van der Waals surface area contributed by atoms with E-state index >= 15 is 0 Å². The van der Waals surface area contributed by atoms with Crippen molar-refractivity contribution in [1.82, 2.24) is 9.13 Å². The van der Waals surface area contributed by atoms with Crippen LogP contribution in [-0.2, 0) is 14.1 Å². The normalized spacial score (nSPS) is 11.6. The van der Waals surface area contributed by atoms with Crippen LogP contribution in [0.1, 0.15) is 33.0 Å². The SMILES string of the molecule is Cn1cc(C(c2ccccc2C(=O)O)c2cn(C)c3ccccc23)c2ccccc21. The average molecular weight is 394 g/mol. The summed E-state index contributed by atoms with van der Waals surface area (Å²) in [4.78, 5) is 12.1. The summed E-state index contributed by atoms with van der Waals surface area (Å²) in [6.45, 7) is 0. The number of carboxylic acid groups (broad SMARTS) is 1. The van der Waals surface area contributed by atoms with E-state index < -0.39 is 5.97 Å². The van der Waals surface area contributed by atoms with Gasteiger partial charge in [0.2, 0.25) is 0 Å². The third kappa shape index (κ3) is 2.72. The van der Waals surface area contributed by atoms with Crippen molar-refractivity contribution < 1.29 is 9.90 Å². The van der Waals surface area contributed by atoms with Gasteiger partial charge in [-0.2, -0.15) is 0 Å². The lowest BCUT2D eigenvalue weighted by Crippen LogP contribution is -2.10. The van der Waals surface area contributed by atoms with Crippen molar-refractivity contribution in [3.05, 3.63) is 107 Å². The third-order valence-electron chi connectivity index (χ3n) is 5.98. The van der Waals surface area contributed by atoms with Crippen LogP contribution < -0.4 is 0 Å². The number of hydrogen-bond acceptors (Lipinski definition) is 1. The summed E-state index contributed by atoms with van der Waals surface area (Å²) in [6, 6.07) is 23.9. The fourth-order valence-electron chi connectivity index (χ4n) is 4.65. The molecular formula is C26H22N2O2. The van der Waals surface area contributed by atoms with Gasteiger partial charge in [0.15, 0.2) is 0 Å². The minimum absolute atomic E-state index is 0.200. The zero-order valence-corrected chi connectivity index (χ0v) is 16.9. The smallest absolute Gasteiger partial charge is 0.335 e. The van der Waals surface area contributed by atoms with E-state index in [4.69, 9.17) is 0 Å². The molecule has 0 aliphatic carbocycles. The van der Waals surface area contributed by atoms with Gasteiger partial charge in [-0.1, -0.05) is 54.6 Å². The zero-order chi connectivity index (χ0) is 20.8. The number of carboxylic acids is 1. The Morgan fingerprint density at radius 3 is 1.70 bits per heavy atom. The van der Waals surface area contributed by atoms with Crippen LogP contribution in [0.5, 0.6) is 0 Å². The molecule has 0 unspecified atom stereocenters. The zero-order valence-electron chi connectivity index (χ0n) is 16.9. The van der Waals surface area contributed by atoms with Crippen molar-refractivity contribution in [3.8, 4) is 0 Å². The Labute approximate surface area is 174 Å². The number of aryl methyl sites for hydroxylation is 2. The average Bonchev–Trinajstić information content (AvgIpc) is 3.27. The first-order valence-electron chi connectivity index (χ1n) is 9.96. The van der Waals surface area contributed by atoms with Crippen LogP contribution in [0, 0.1) is 0 Å². The Kier molecular flexibility index (Phi) is 4.21. The lowest BCUT2D eigenvalue weighted by atomic mass is 9.82. The monoisotopic (exact) mass is 394 g/mol. The predicted molar refractivity (Wildman–Crippen MR) is 120 cm³/mol. The molecule has 0 saturated carbocycles. The van der Waals surface area contributed by atoms with E-state index in [1.807, 2.05) is 50.5 Å². The van der Waals surface area contributed by atoms with Gasteiger partial charge < -0.3 is 14.2 Å². The summed E-state index contributed by atoms with van der Waals surface area (Å²) in [7, 11) is 4.07. The van der Waals surface area contributed by atoms with Gasteiger partial charge in [-0.3, -0.25) is 0 Å². The molecule has 4 nitrogen and oxygen atoms in total. The molecule has 1 N–H and O–H groups in total. The van der Waals surface area contributed by atoms with Gasteiger partial charge in [0.1, 0.15) is 0 Å². The molecule has 0 atom stereocenters. The Balaban J connectivity index is 1.89. The molecule has 5 rings (SSSR count). The number of fused-ring (bicyclic) bond motifs is 2. The Morgan fingerprint density at radius 2 is 1.17 bits per heavy atom. The number of rotatable bonds is 4. The number of hydrogen-bond donors (Lipinski definition) is 1. The van der Waals surface area contributed by atoms with Crippen molar-refractivity contribution in [2.75, 3.05) is 0 Å². The predicted octanol–water partition coefficient (Wildman–Crippen LogP) is 5.55. The van der Waals surface area contributed by atoms with Crippen LogP contribution in [0.4, 0.5) is 0 Å². The van der Waals surface area contributed by atoms with Crippen LogP contribution in [0.25, 0.3) is 21.8 Å². The van der Waals surface area contributed by atoms with Gasteiger partial charge >= 0.3 is 5.97 Å². The van der Waals surface area contributed by atoms with Gasteiger partial charge in [0, 0.05) is 54.2 Å². The second kappa shape index (κ2) is 6.92. The van der Waals surface area contributed by atoms with Crippen molar-refractivity contribution >= 4 is 27.8 Å². The number of para-hydroxylation sites is 2. The molecule has 2 heterocycles. The molecule has 4 heteroatoms. The van der Waals surface area contributed by atoms with Crippen molar-refractivity contribution in [1.29, 1.82) is 0 Å². The first-order valence-corrected chi connectivity index (χ1v) is 9.96. The highest BCUT2D eigenvalue weighted by Gasteiger charge is 2.27. The largest absolute Gasteiger partial charge is 0.478 e. The summed E-state index contributed by atoms with van der Waals surface area (Å²) in [5, 5.41) is 12.2. The first-order chi connectivity index (χ1) is 14.6. The Morgan fingerprint density at radius 1 is 0.700 bits per heavy atom. The Hall–Kier alpha value is -3.79. The molecule has 0 aliphatic rings. The topological polar surface area (TPSA) is 47.2 Å². The third-order valence-corrected chi connectivity index (χ3v) is 5.98. The van der Waals surface area contributed by atoms with E-state index in [0.29, 0.717) is 5.56 Å². The molecule has 0 saturated heterocycles. The lowest BCUT2D eigenvalue weighted by molar-refractivity contribution is 0.0695. The molecule has 3 aromatic carbocycles. The number of carbonyl (C=O) groups is 1. The molecule has 0 amide bonds. The van der Waals surface area contributed by atoms with Crippen LogP contribution in [0.2, 0.25) is 0 Å².